The van der Waals surface area contributed by atoms with Crippen LogP contribution in [-0.2, 0) is 16.0 Å². The molecule has 1 aromatic rings. The molecule has 1 fully saturated rings. The molecule has 2 rings (SSSR count). The van der Waals surface area contributed by atoms with Gasteiger partial charge in [0.25, 0.3) is 0 Å². The maximum atomic E-state index is 12.1. The van der Waals surface area contributed by atoms with Crippen molar-refractivity contribution < 1.29 is 9.59 Å². The lowest BCUT2D eigenvalue weighted by atomic mass is 10.1. The minimum Gasteiger partial charge on any atom is -0.353 e. The van der Waals surface area contributed by atoms with Crippen LogP contribution in [0.5, 0.6) is 0 Å². The first kappa shape index (κ1) is 18.5. The number of nitrogens with one attached hydrogen (secondary N) is 1. The second-order valence-corrected chi connectivity index (χ2v) is 6.81. The molecule has 0 aromatic heterocycles. The van der Waals surface area contributed by atoms with E-state index in [4.69, 9.17) is 0 Å². The van der Waals surface area contributed by atoms with Gasteiger partial charge in [0.05, 0.1) is 6.42 Å². The van der Waals surface area contributed by atoms with Crippen LogP contribution in [0.1, 0.15) is 64.4 Å². The van der Waals surface area contributed by atoms with Crippen molar-refractivity contribution in [1.82, 2.24) is 5.32 Å². The zero-order valence-electron chi connectivity index (χ0n) is 15.0. The minimum atomic E-state index is 0.0722. The van der Waals surface area contributed by atoms with Crippen LogP contribution in [-0.4, -0.2) is 24.4 Å². The van der Waals surface area contributed by atoms with E-state index in [1.54, 1.807) is 0 Å². The zero-order chi connectivity index (χ0) is 17.4. The number of carbonyl (C=O) groups is 2. The van der Waals surface area contributed by atoms with E-state index in [0.29, 0.717) is 12.8 Å². The zero-order valence-corrected chi connectivity index (χ0v) is 15.0. The van der Waals surface area contributed by atoms with E-state index >= 15 is 0 Å². The van der Waals surface area contributed by atoms with E-state index in [1.165, 1.54) is 25.7 Å². The molecule has 0 radical (unpaired) electrons. The summed E-state index contributed by atoms with van der Waals surface area (Å²) in [7, 11) is 0. The number of nitrogens with zero attached hydrogens (tertiary/aromatic N) is 1. The topological polar surface area (TPSA) is 49.4 Å². The molecule has 4 heteroatoms. The number of carbonyl (C=O) groups excluding carboxylic acids is 2. The van der Waals surface area contributed by atoms with Gasteiger partial charge in [0.2, 0.25) is 11.8 Å². The standard InChI is InChI=1S/C20H30N2O2/c1-3-4-5-6-8-16(2)21-19(23)15-17-10-12-18(13-11-17)22-14-7-9-20(22)24/h10-13,16H,3-9,14-15H2,1-2H3,(H,21,23). The molecule has 0 bridgehead atoms. The lowest BCUT2D eigenvalue weighted by Gasteiger charge is -2.16. The predicted molar refractivity (Wildman–Crippen MR) is 98.1 cm³/mol. The van der Waals surface area contributed by atoms with Gasteiger partial charge in [-0.1, -0.05) is 44.7 Å². The maximum Gasteiger partial charge on any atom is 0.227 e. The Hall–Kier alpha value is -1.84. The molecule has 1 aliphatic rings. The molecule has 1 saturated heterocycles. The Balaban J connectivity index is 1.76. The fourth-order valence-corrected chi connectivity index (χ4v) is 3.18. The highest BCUT2D eigenvalue weighted by atomic mass is 16.2. The third-order valence-electron chi connectivity index (χ3n) is 4.58. The van der Waals surface area contributed by atoms with E-state index in [0.717, 1.165) is 30.6 Å². The molecule has 1 aromatic carbocycles. The molecule has 1 unspecified atom stereocenters. The van der Waals surface area contributed by atoms with Gasteiger partial charge in [-0.15, -0.1) is 0 Å². The van der Waals surface area contributed by atoms with E-state index in [9.17, 15) is 9.59 Å². The van der Waals surface area contributed by atoms with Crippen LogP contribution in [0.4, 0.5) is 5.69 Å². The Kier molecular flexibility index (Phi) is 7.29. The molecule has 0 spiro atoms. The maximum absolute atomic E-state index is 12.1. The normalized spacial score (nSPS) is 15.6. The molecule has 132 valence electrons. The monoisotopic (exact) mass is 330 g/mol. The largest absolute Gasteiger partial charge is 0.353 e. The highest BCUT2D eigenvalue weighted by Gasteiger charge is 2.21. The van der Waals surface area contributed by atoms with Gasteiger partial charge < -0.3 is 10.2 Å². The van der Waals surface area contributed by atoms with Gasteiger partial charge in [-0.2, -0.15) is 0 Å². The smallest absolute Gasteiger partial charge is 0.227 e. The van der Waals surface area contributed by atoms with E-state index in [-0.39, 0.29) is 17.9 Å². The number of anilines is 1. The van der Waals surface area contributed by atoms with Crippen LogP contribution in [0.2, 0.25) is 0 Å². The van der Waals surface area contributed by atoms with Crippen molar-refractivity contribution in [2.24, 2.45) is 0 Å². The number of amides is 2. The molecule has 0 saturated carbocycles. The third kappa shape index (κ3) is 5.66. The quantitative estimate of drug-likeness (QED) is 0.700. The van der Waals surface area contributed by atoms with Gasteiger partial charge in [-0.05, 0) is 37.5 Å². The lowest BCUT2D eigenvalue weighted by molar-refractivity contribution is -0.121. The van der Waals surface area contributed by atoms with Crippen molar-refractivity contribution in [2.75, 3.05) is 11.4 Å². The Labute approximate surface area is 145 Å². The number of rotatable bonds is 9. The summed E-state index contributed by atoms with van der Waals surface area (Å²) >= 11 is 0. The average molecular weight is 330 g/mol. The van der Waals surface area contributed by atoms with Gasteiger partial charge in [0, 0.05) is 24.7 Å². The molecule has 1 N–H and O–H groups in total. The van der Waals surface area contributed by atoms with E-state index < -0.39 is 0 Å². The molecule has 1 aliphatic heterocycles. The van der Waals surface area contributed by atoms with Crippen LogP contribution in [0.25, 0.3) is 0 Å². The number of unbranched alkanes of at least 4 members (excludes halogenated alkanes) is 3. The molecule has 1 atom stereocenters. The van der Waals surface area contributed by atoms with Crippen LogP contribution in [0.15, 0.2) is 24.3 Å². The summed E-state index contributed by atoms with van der Waals surface area (Å²) in [6.07, 6.45) is 7.93. The second kappa shape index (κ2) is 9.45. The van der Waals surface area contributed by atoms with Crippen molar-refractivity contribution in [3.63, 3.8) is 0 Å². The summed E-state index contributed by atoms with van der Waals surface area (Å²) in [6, 6.07) is 8.02. The summed E-state index contributed by atoms with van der Waals surface area (Å²) in [4.78, 5) is 25.7. The third-order valence-corrected chi connectivity index (χ3v) is 4.58. The van der Waals surface area contributed by atoms with Crippen molar-refractivity contribution in [3.05, 3.63) is 29.8 Å². The highest BCUT2D eigenvalue weighted by molar-refractivity contribution is 5.95. The Morgan fingerprint density at radius 1 is 1.21 bits per heavy atom. The van der Waals surface area contributed by atoms with E-state index in [1.807, 2.05) is 29.2 Å². The van der Waals surface area contributed by atoms with Gasteiger partial charge in [-0.3, -0.25) is 9.59 Å². The molecule has 4 nitrogen and oxygen atoms in total. The summed E-state index contributed by atoms with van der Waals surface area (Å²) in [6.45, 7) is 5.08. The summed E-state index contributed by atoms with van der Waals surface area (Å²) < 4.78 is 0. The summed E-state index contributed by atoms with van der Waals surface area (Å²) in [5.41, 5.74) is 1.92. The molecule has 2 amide bonds. The summed E-state index contributed by atoms with van der Waals surface area (Å²) in [5.74, 6) is 0.264. The molecule has 24 heavy (non-hydrogen) atoms. The summed E-state index contributed by atoms with van der Waals surface area (Å²) in [5, 5.41) is 3.08. The van der Waals surface area contributed by atoms with Crippen molar-refractivity contribution in [1.29, 1.82) is 0 Å². The van der Waals surface area contributed by atoms with Crippen molar-refractivity contribution >= 4 is 17.5 Å². The first-order chi connectivity index (χ1) is 11.6. The Morgan fingerprint density at radius 3 is 2.58 bits per heavy atom. The van der Waals surface area contributed by atoms with E-state index in [2.05, 4.69) is 19.2 Å². The predicted octanol–water partition coefficient (Wildman–Crippen LogP) is 3.83. The van der Waals surface area contributed by atoms with Crippen molar-refractivity contribution in [2.45, 2.75) is 71.3 Å². The van der Waals surface area contributed by atoms with Gasteiger partial charge in [0.1, 0.15) is 0 Å². The fourth-order valence-electron chi connectivity index (χ4n) is 3.18. The molecule has 1 heterocycles. The molecular formula is C20H30N2O2. The van der Waals surface area contributed by atoms with Gasteiger partial charge in [-0.25, -0.2) is 0 Å². The van der Waals surface area contributed by atoms with Crippen LogP contribution >= 0.6 is 0 Å². The van der Waals surface area contributed by atoms with Crippen LogP contribution in [0.3, 0.4) is 0 Å². The highest BCUT2D eigenvalue weighted by Crippen LogP contribution is 2.21. The Bertz CT molecular complexity index is 539. The van der Waals surface area contributed by atoms with Crippen molar-refractivity contribution in [3.8, 4) is 0 Å². The SMILES string of the molecule is CCCCCCC(C)NC(=O)Cc1ccc(N2CCCC2=O)cc1. The molecular weight excluding hydrogens is 300 g/mol. The fraction of sp³-hybridized carbons (Fsp3) is 0.600. The number of benzene rings is 1. The lowest BCUT2D eigenvalue weighted by Crippen LogP contribution is -2.33. The Morgan fingerprint density at radius 2 is 1.96 bits per heavy atom. The first-order valence-corrected chi connectivity index (χ1v) is 9.29. The van der Waals surface area contributed by atoms with Gasteiger partial charge in [0.15, 0.2) is 0 Å². The second-order valence-electron chi connectivity index (χ2n) is 6.81. The minimum absolute atomic E-state index is 0.0722. The first-order valence-electron chi connectivity index (χ1n) is 9.29. The number of hydrogen-bond acceptors (Lipinski definition) is 2. The van der Waals surface area contributed by atoms with Crippen LogP contribution in [0, 0.1) is 0 Å². The van der Waals surface area contributed by atoms with Gasteiger partial charge >= 0.3 is 0 Å². The molecule has 0 aliphatic carbocycles. The van der Waals surface area contributed by atoms with Crippen LogP contribution < -0.4 is 10.2 Å². The average Bonchev–Trinajstić information content (AvgIpc) is 2.98. The number of hydrogen-bond donors (Lipinski definition) is 1.